The van der Waals surface area contributed by atoms with Crippen molar-refractivity contribution in [1.29, 1.82) is 0 Å². The number of nitrogens with one attached hydrogen (secondary N) is 1. The number of aliphatic hydroxyl groups is 1. The molecular formula is C10H16BrNO2S. The third-order valence-corrected chi connectivity index (χ3v) is 3.85. The maximum Gasteiger partial charge on any atom is 0.0897 e. The van der Waals surface area contributed by atoms with Crippen molar-refractivity contribution in [2.24, 2.45) is 0 Å². The van der Waals surface area contributed by atoms with Gasteiger partial charge in [0.1, 0.15) is 0 Å². The zero-order valence-electron chi connectivity index (χ0n) is 8.87. The van der Waals surface area contributed by atoms with Crippen molar-refractivity contribution in [2.75, 3.05) is 20.3 Å². The number of thiophene rings is 1. The number of hydrogen-bond acceptors (Lipinski definition) is 4. The summed E-state index contributed by atoms with van der Waals surface area (Å²) in [5.74, 6) is 0. The van der Waals surface area contributed by atoms with Crippen molar-refractivity contribution in [3.63, 3.8) is 0 Å². The maximum atomic E-state index is 9.46. The van der Waals surface area contributed by atoms with Gasteiger partial charge in [-0.25, -0.2) is 0 Å². The van der Waals surface area contributed by atoms with Gasteiger partial charge in [-0.3, -0.25) is 0 Å². The molecule has 1 heterocycles. The molecule has 2 atom stereocenters. The number of ether oxygens (including phenoxy) is 1. The molecule has 5 heteroatoms. The smallest absolute Gasteiger partial charge is 0.0897 e. The Labute approximate surface area is 103 Å². The van der Waals surface area contributed by atoms with Crippen LogP contribution in [0, 0.1) is 0 Å². The van der Waals surface area contributed by atoms with Gasteiger partial charge in [-0.15, -0.1) is 11.3 Å². The first-order valence-electron chi connectivity index (χ1n) is 4.79. The average molecular weight is 294 g/mol. The zero-order chi connectivity index (χ0) is 11.3. The van der Waals surface area contributed by atoms with Crippen molar-refractivity contribution in [3.8, 4) is 0 Å². The molecule has 0 fully saturated rings. The van der Waals surface area contributed by atoms with Crippen LogP contribution in [0.1, 0.15) is 17.8 Å². The quantitative estimate of drug-likeness (QED) is 0.845. The molecule has 86 valence electrons. The van der Waals surface area contributed by atoms with E-state index in [-0.39, 0.29) is 6.04 Å². The summed E-state index contributed by atoms with van der Waals surface area (Å²) >= 11 is 5.13. The lowest BCUT2D eigenvalue weighted by molar-refractivity contribution is 0.0631. The van der Waals surface area contributed by atoms with E-state index in [1.165, 1.54) is 4.88 Å². The first kappa shape index (κ1) is 13.1. The molecule has 1 rings (SSSR count). The summed E-state index contributed by atoms with van der Waals surface area (Å²) in [4.78, 5) is 1.26. The maximum absolute atomic E-state index is 9.46. The van der Waals surface area contributed by atoms with Crippen LogP contribution in [0.2, 0.25) is 0 Å². The fourth-order valence-electron chi connectivity index (χ4n) is 1.23. The van der Waals surface area contributed by atoms with Crippen LogP contribution in [0.3, 0.4) is 0 Å². The van der Waals surface area contributed by atoms with Crippen LogP contribution in [0.5, 0.6) is 0 Å². The van der Waals surface area contributed by atoms with E-state index in [9.17, 15) is 5.11 Å². The van der Waals surface area contributed by atoms with Gasteiger partial charge in [-0.05, 0) is 35.0 Å². The molecule has 2 N–H and O–H groups in total. The highest BCUT2D eigenvalue weighted by Crippen LogP contribution is 2.26. The average Bonchev–Trinajstić information content (AvgIpc) is 2.62. The van der Waals surface area contributed by atoms with E-state index >= 15 is 0 Å². The molecule has 0 bridgehead atoms. The van der Waals surface area contributed by atoms with Crippen LogP contribution in [-0.2, 0) is 4.74 Å². The number of methoxy groups -OCH3 is 1. The van der Waals surface area contributed by atoms with E-state index in [0.717, 1.165) is 3.79 Å². The van der Waals surface area contributed by atoms with Gasteiger partial charge in [0, 0.05) is 24.6 Å². The van der Waals surface area contributed by atoms with Gasteiger partial charge in [0.05, 0.1) is 16.5 Å². The topological polar surface area (TPSA) is 41.5 Å². The summed E-state index contributed by atoms with van der Waals surface area (Å²) in [6.07, 6.45) is -0.444. The molecule has 2 unspecified atom stereocenters. The first-order valence-corrected chi connectivity index (χ1v) is 6.40. The van der Waals surface area contributed by atoms with Crippen LogP contribution < -0.4 is 5.32 Å². The van der Waals surface area contributed by atoms with Crippen LogP contribution in [-0.4, -0.2) is 31.5 Å². The molecule has 0 spiro atoms. The summed E-state index contributed by atoms with van der Waals surface area (Å²) in [6.45, 7) is 3.00. The largest absolute Gasteiger partial charge is 0.389 e. The molecule has 3 nitrogen and oxygen atoms in total. The minimum atomic E-state index is -0.444. The molecule has 0 amide bonds. The van der Waals surface area contributed by atoms with Gasteiger partial charge in [-0.2, -0.15) is 0 Å². The standard InChI is InChI=1S/C10H16BrNO2S/c1-7(9-3-4-10(11)15-9)12-5-8(13)6-14-2/h3-4,7-8,12-13H,5-6H2,1-2H3. The summed E-state index contributed by atoms with van der Waals surface area (Å²) in [5.41, 5.74) is 0. The predicted molar refractivity (Wildman–Crippen MR) is 66.3 cm³/mol. The van der Waals surface area contributed by atoms with Gasteiger partial charge in [0.2, 0.25) is 0 Å². The predicted octanol–water partition coefficient (Wildman–Crippen LogP) is 2.17. The molecule has 15 heavy (non-hydrogen) atoms. The number of hydrogen-bond donors (Lipinski definition) is 2. The number of aliphatic hydroxyl groups excluding tert-OH is 1. The van der Waals surface area contributed by atoms with Gasteiger partial charge < -0.3 is 15.2 Å². The molecule has 0 aliphatic rings. The normalized spacial score (nSPS) is 15.2. The first-order chi connectivity index (χ1) is 7.13. The summed E-state index contributed by atoms with van der Waals surface area (Å²) in [7, 11) is 1.59. The fourth-order valence-corrected chi connectivity index (χ4v) is 2.68. The highest BCUT2D eigenvalue weighted by atomic mass is 79.9. The van der Waals surface area contributed by atoms with Gasteiger partial charge >= 0.3 is 0 Å². The minimum Gasteiger partial charge on any atom is -0.389 e. The highest BCUT2D eigenvalue weighted by molar-refractivity contribution is 9.11. The Bertz CT molecular complexity index is 293. The van der Waals surface area contributed by atoms with Crippen LogP contribution >= 0.6 is 27.3 Å². The van der Waals surface area contributed by atoms with E-state index < -0.39 is 6.10 Å². The Morgan fingerprint density at radius 2 is 2.33 bits per heavy atom. The Balaban J connectivity index is 2.33. The molecule has 1 aromatic rings. The van der Waals surface area contributed by atoms with Crippen LogP contribution in [0.4, 0.5) is 0 Å². The second-order valence-corrected chi connectivity index (χ2v) is 5.88. The third kappa shape index (κ3) is 4.61. The second-order valence-electron chi connectivity index (χ2n) is 3.38. The van der Waals surface area contributed by atoms with Gasteiger partial charge in [0.15, 0.2) is 0 Å². The number of halogens is 1. The van der Waals surface area contributed by atoms with E-state index in [1.54, 1.807) is 18.4 Å². The number of rotatable bonds is 6. The monoisotopic (exact) mass is 293 g/mol. The molecule has 0 saturated carbocycles. The Hall–Kier alpha value is 0.0600. The second kappa shape index (κ2) is 6.60. The van der Waals surface area contributed by atoms with Crippen LogP contribution in [0.25, 0.3) is 0 Å². The van der Waals surface area contributed by atoms with Crippen molar-refractivity contribution in [3.05, 3.63) is 20.8 Å². The molecule has 0 aromatic carbocycles. The molecule has 0 saturated heterocycles. The van der Waals surface area contributed by atoms with Gasteiger partial charge in [-0.1, -0.05) is 0 Å². The van der Waals surface area contributed by atoms with Crippen molar-refractivity contribution in [1.82, 2.24) is 5.32 Å². The fraction of sp³-hybridized carbons (Fsp3) is 0.600. The zero-order valence-corrected chi connectivity index (χ0v) is 11.3. The minimum absolute atomic E-state index is 0.257. The Morgan fingerprint density at radius 1 is 1.60 bits per heavy atom. The molecule has 1 aromatic heterocycles. The third-order valence-electron chi connectivity index (χ3n) is 2.04. The summed E-state index contributed by atoms with van der Waals surface area (Å²) in [6, 6.07) is 4.37. The lowest BCUT2D eigenvalue weighted by Gasteiger charge is -2.15. The van der Waals surface area contributed by atoms with Crippen molar-refractivity contribution >= 4 is 27.3 Å². The lowest BCUT2D eigenvalue weighted by Crippen LogP contribution is -2.31. The molecular weight excluding hydrogens is 278 g/mol. The van der Waals surface area contributed by atoms with Crippen LogP contribution in [0.15, 0.2) is 15.9 Å². The summed E-state index contributed by atoms with van der Waals surface area (Å²) < 4.78 is 5.98. The Kier molecular flexibility index (Phi) is 5.78. The van der Waals surface area contributed by atoms with E-state index in [4.69, 9.17) is 4.74 Å². The molecule has 0 aliphatic carbocycles. The molecule has 0 radical (unpaired) electrons. The SMILES string of the molecule is COCC(O)CNC(C)c1ccc(Br)s1. The van der Waals surface area contributed by atoms with E-state index in [2.05, 4.69) is 34.2 Å². The van der Waals surface area contributed by atoms with Crippen molar-refractivity contribution < 1.29 is 9.84 Å². The van der Waals surface area contributed by atoms with Crippen molar-refractivity contribution in [2.45, 2.75) is 19.1 Å². The van der Waals surface area contributed by atoms with E-state index in [0.29, 0.717) is 13.2 Å². The highest BCUT2D eigenvalue weighted by Gasteiger charge is 2.10. The van der Waals surface area contributed by atoms with E-state index in [1.807, 2.05) is 6.07 Å². The van der Waals surface area contributed by atoms with Gasteiger partial charge in [0.25, 0.3) is 0 Å². The lowest BCUT2D eigenvalue weighted by atomic mass is 10.2. The molecule has 0 aliphatic heterocycles. The Morgan fingerprint density at radius 3 is 2.87 bits per heavy atom. The summed E-state index contributed by atoms with van der Waals surface area (Å²) in [5, 5.41) is 12.7.